The molecule has 2 N–H and O–H groups in total. The number of aromatic nitrogens is 2. The zero-order valence-corrected chi connectivity index (χ0v) is 12.0. The fraction of sp³-hybridized carbons (Fsp3) is 0.533. The maximum atomic E-state index is 5.81. The molecule has 0 amide bonds. The number of aryl methyl sites for hydroxylation is 1. The van der Waals surface area contributed by atoms with Gasteiger partial charge in [0.05, 0.1) is 11.0 Å². The molecule has 0 saturated heterocycles. The molecule has 2 aromatic rings. The van der Waals surface area contributed by atoms with Gasteiger partial charge in [0.2, 0.25) is 0 Å². The number of hydrogen-bond donors (Lipinski definition) is 1. The van der Waals surface area contributed by atoms with Crippen molar-refractivity contribution < 1.29 is 0 Å². The van der Waals surface area contributed by atoms with Crippen LogP contribution in [0.5, 0.6) is 0 Å². The predicted octanol–water partition coefficient (Wildman–Crippen LogP) is 3.61. The average molecular weight is 245 g/mol. The second kappa shape index (κ2) is 4.30. The zero-order valence-electron chi connectivity index (χ0n) is 12.0. The number of rotatable bonds is 3. The predicted molar refractivity (Wildman–Crippen MR) is 77.5 cm³/mol. The Morgan fingerprint density at radius 3 is 2.61 bits per heavy atom. The minimum absolute atomic E-state index is 0.250. The summed E-state index contributed by atoms with van der Waals surface area (Å²) in [5, 5.41) is 0. The molecule has 0 radical (unpaired) electrons. The lowest BCUT2D eigenvalue weighted by Crippen LogP contribution is -2.26. The number of nitrogen functional groups attached to an aromatic ring is 1. The first-order valence-electron chi connectivity index (χ1n) is 6.53. The molecule has 3 heteroatoms. The Labute approximate surface area is 109 Å². The fourth-order valence-electron chi connectivity index (χ4n) is 2.06. The summed E-state index contributed by atoms with van der Waals surface area (Å²) in [4.78, 5) is 4.60. The van der Waals surface area contributed by atoms with Crippen molar-refractivity contribution in [1.82, 2.24) is 9.55 Å². The van der Waals surface area contributed by atoms with Gasteiger partial charge in [0.25, 0.3) is 0 Å². The summed E-state index contributed by atoms with van der Waals surface area (Å²) in [6, 6.07) is 5.96. The summed E-state index contributed by atoms with van der Waals surface area (Å²) in [5.74, 6) is 1.69. The summed E-state index contributed by atoms with van der Waals surface area (Å²) < 4.78 is 2.30. The topological polar surface area (TPSA) is 43.8 Å². The molecule has 1 heterocycles. The number of nitrogens with zero attached hydrogens (tertiary/aromatic N) is 2. The van der Waals surface area contributed by atoms with Gasteiger partial charge >= 0.3 is 0 Å². The van der Waals surface area contributed by atoms with Gasteiger partial charge in [-0.2, -0.15) is 0 Å². The summed E-state index contributed by atoms with van der Waals surface area (Å²) in [6.07, 6.45) is 0. The Morgan fingerprint density at radius 1 is 1.33 bits per heavy atom. The van der Waals surface area contributed by atoms with Gasteiger partial charge in [0, 0.05) is 12.2 Å². The molecule has 0 aliphatic carbocycles. The molecule has 18 heavy (non-hydrogen) atoms. The molecular weight excluding hydrogens is 222 g/mol. The summed E-state index contributed by atoms with van der Waals surface area (Å²) in [7, 11) is 0. The minimum Gasteiger partial charge on any atom is -0.399 e. The highest BCUT2D eigenvalue weighted by Gasteiger charge is 2.24. The molecule has 3 nitrogen and oxygen atoms in total. The van der Waals surface area contributed by atoms with Gasteiger partial charge in [-0.3, -0.25) is 0 Å². The lowest BCUT2D eigenvalue weighted by Gasteiger charge is -2.30. The van der Waals surface area contributed by atoms with E-state index in [1.807, 2.05) is 12.1 Å². The fourth-order valence-corrected chi connectivity index (χ4v) is 2.06. The van der Waals surface area contributed by atoms with Crippen molar-refractivity contribution in [2.45, 2.75) is 41.2 Å². The van der Waals surface area contributed by atoms with Gasteiger partial charge < -0.3 is 10.3 Å². The third-order valence-electron chi connectivity index (χ3n) is 4.09. The second-order valence-electron chi connectivity index (χ2n) is 6.14. The Morgan fingerprint density at radius 2 is 2.00 bits per heavy atom. The molecule has 0 aliphatic heterocycles. The third-order valence-corrected chi connectivity index (χ3v) is 4.09. The van der Waals surface area contributed by atoms with Crippen LogP contribution in [0.1, 0.15) is 33.5 Å². The van der Waals surface area contributed by atoms with Gasteiger partial charge in [0.15, 0.2) is 0 Å². The van der Waals surface area contributed by atoms with Crippen LogP contribution >= 0.6 is 0 Å². The van der Waals surface area contributed by atoms with Crippen molar-refractivity contribution in [3.63, 3.8) is 0 Å². The molecule has 0 bridgehead atoms. The smallest absolute Gasteiger partial charge is 0.106 e. The highest BCUT2D eigenvalue weighted by Crippen LogP contribution is 2.30. The van der Waals surface area contributed by atoms with E-state index in [0.717, 1.165) is 23.6 Å². The molecule has 0 unspecified atom stereocenters. The Balaban J connectivity index is 2.48. The van der Waals surface area contributed by atoms with Crippen molar-refractivity contribution in [3.8, 4) is 0 Å². The first-order valence-corrected chi connectivity index (χ1v) is 6.53. The summed E-state index contributed by atoms with van der Waals surface area (Å²) >= 11 is 0. The van der Waals surface area contributed by atoms with Crippen LogP contribution in [-0.2, 0) is 6.54 Å². The molecule has 1 aromatic heterocycles. The lowest BCUT2D eigenvalue weighted by molar-refractivity contribution is 0.211. The van der Waals surface area contributed by atoms with E-state index in [1.165, 1.54) is 5.52 Å². The molecule has 2 rings (SSSR count). The van der Waals surface area contributed by atoms with Crippen molar-refractivity contribution in [3.05, 3.63) is 24.0 Å². The Bertz CT molecular complexity index is 564. The van der Waals surface area contributed by atoms with Crippen molar-refractivity contribution >= 4 is 16.7 Å². The van der Waals surface area contributed by atoms with E-state index in [-0.39, 0.29) is 5.41 Å². The normalized spacial score (nSPS) is 12.6. The van der Waals surface area contributed by atoms with Gasteiger partial charge in [0.1, 0.15) is 5.82 Å². The van der Waals surface area contributed by atoms with Gasteiger partial charge in [-0.1, -0.05) is 27.7 Å². The lowest BCUT2D eigenvalue weighted by atomic mass is 9.81. The van der Waals surface area contributed by atoms with Crippen LogP contribution in [-0.4, -0.2) is 9.55 Å². The largest absolute Gasteiger partial charge is 0.399 e. The summed E-state index contributed by atoms with van der Waals surface area (Å²) in [6.45, 7) is 12.2. The van der Waals surface area contributed by atoms with Crippen LogP contribution in [0.3, 0.4) is 0 Å². The molecule has 0 saturated carbocycles. The first kappa shape index (κ1) is 12.9. The van der Waals surface area contributed by atoms with Gasteiger partial charge in [-0.15, -0.1) is 0 Å². The highest BCUT2D eigenvalue weighted by atomic mass is 15.1. The number of nitrogens with two attached hydrogens (primary N) is 1. The van der Waals surface area contributed by atoms with Crippen molar-refractivity contribution in [2.24, 2.45) is 11.3 Å². The van der Waals surface area contributed by atoms with E-state index < -0.39 is 0 Å². The van der Waals surface area contributed by atoms with Gasteiger partial charge in [-0.05, 0) is 36.5 Å². The molecule has 0 atom stereocenters. The van der Waals surface area contributed by atoms with Crippen molar-refractivity contribution in [2.75, 3.05) is 5.73 Å². The second-order valence-corrected chi connectivity index (χ2v) is 6.14. The SMILES string of the molecule is Cc1nc2cc(N)ccc2n1CC(C)(C)C(C)C. The maximum Gasteiger partial charge on any atom is 0.106 e. The summed E-state index contributed by atoms with van der Waals surface area (Å²) in [5.41, 5.74) is 9.00. The van der Waals surface area contributed by atoms with Crippen LogP contribution in [0.2, 0.25) is 0 Å². The average Bonchev–Trinajstić information content (AvgIpc) is 2.54. The van der Waals surface area contributed by atoms with E-state index in [0.29, 0.717) is 5.92 Å². The molecule has 0 aliphatic rings. The number of fused-ring (bicyclic) bond motifs is 1. The third kappa shape index (κ3) is 2.22. The van der Waals surface area contributed by atoms with Crippen molar-refractivity contribution in [1.29, 1.82) is 0 Å². The van der Waals surface area contributed by atoms with E-state index >= 15 is 0 Å². The van der Waals surface area contributed by atoms with Crippen LogP contribution in [0.25, 0.3) is 11.0 Å². The number of hydrogen-bond acceptors (Lipinski definition) is 2. The molecule has 0 spiro atoms. The highest BCUT2D eigenvalue weighted by molar-refractivity contribution is 5.79. The van der Waals surface area contributed by atoms with E-state index in [1.54, 1.807) is 0 Å². The maximum absolute atomic E-state index is 5.81. The molecule has 0 fully saturated rings. The van der Waals surface area contributed by atoms with E-state index in [9.17, 15) is 0 Å². The standard InChI is InChI=1S/C15H23N3/c1-10(2)15(4,5)9-18-11(3)17-13-8-12(16)6-7-14(13)18/h6-8,10H,9,16H2,1-5H3. The zero-order chi connectivity index (χ0) is 13.5. The Kier molecular flexibility index (Phi) is 3.09. The molecular formula is C15H23N3. The van der Waals surface area contributed by atoms with Crippen LogP contribution < -0.4 is 5.73 Å². The first-order chi connectivity index (χ1) is 8.31. The quantitative estimate of drug-likeness (QED) is 0.839. The van der Waals surface area contributed by atoms with E-state index in [2.05, 4.69) is 50.2 Å². The van der Waals surface area contributed by atoms with E-state index in [4.69, 9.17) is 5.73 Å². The Hall–Kier alpha value is -1.51. The number of anilines is 1. The molecule has 98 valence electrons. The van der Waals surface area contributed by atoms with Crippen LogP contribution in [0.4, 0.5) is 5.69 Å². The number of imidazole rings is 1. The van der Waals surface area contributed by atoms with Crippen LogP contribution in [0, 0.1) is 18.3 Å². The minimum atomic E-state index is 0.250. The molecule has 1 aromatic carbocycles. The monoisotopic (exact) mass is 245 g/mol. The number of benzene rings is 1. The van der Waals surface area contributed by atoms with Gasteiger partial charge in [-0.25, -0.2) is 4.98 Å². The van der Waals surface area contributed by atoms with Crippen LogP contribution in [0.15, 0.2) is 18.2 Å².